The number of Topliss-reactive ketones (excluding diaryl/α,β-unsaturated/α-hetero) is 6. The number of alkyl halides is 1. The topological polar surface area (TPSA) is 144 Å². The molecule has 2 N–H and O–H groups in total. The van der Waals surface area contributed by atoms with E-state index in [9.17, 15) is 33.6 Å². The molecular weight excluding hydrogens is 932 g/mol. The molecule has 0 aromatic carbocycles. The van der Waals surface area contributed by atoms with Crippen molar-refractivity contribution in [2.45, 2.75) is 208 Å². The van der Waals surface area contributed by atoms with E-state index in [0.29, 0.717) is 103 Å². The molecule has 3 unspecified atom stereocenters. The van der Waals surface area contributed by atoms with Crippen molar-refractivity contribution in [2.75, 3.05) is 34.6 Å². The standard InChI is InChI=1S/C17H32O2S.C16H31NO2S.C9H19NOS.C7H12O.C6H11ClO/c1-12(2)8-14(16(19)17(5,6)7)10-20-11-15(18)9-13(3)4;1-11(2)9-14(18)7-8-20-10-15(17-13(5)6)16(19)12(3)4;1-6(2)9(11)8(5-12)10-7(3)4;1-4-7(8)5-6(2)3;1-5(2)3-6(8)4-7/h12-14H,8-11H2,1-7H3;11-13,15,17H,7-10H2,1-6H3;6-8,10,12H,5H2,1-4H3;4,6H,1,5H2,2-3H3;5H,3-4H2,1-2H3. The van der Waals surface area contributed by atoms with Gasteiger partial charge in [-0.3, -0.25) is 33.6 Å². The molecule has 0 amide bonds. The normalized spacial score (nSPS) is 12.7. The molecule has 0 saturated carbocycles. The number of ketones is 7. The number of carbonyl (C=O) groups excluding carboxylic acids is 7. The van der Waals surface area contributed by atoms with E-state index in [1.165, 1.54) is 6.08 Å². The molecule has 0 heterocycles. The summed E-state index contributed by atoms with van der Waals surface area (Å²) >= 11 is 12.7. The molecule has 0 aromatic rings. The van der Waals surface area contributed by atoms with E-state index in [2.05, 4.69) is 85.2 Å². The van der Waals surface area contributed by atoms with Crippen LogP contribution in [0.2, 0.25) is 0 Å². The van der Waals surface area contributed by atoms with Crippen molar-refractivity contribution in [3.63, 3.8) is 0 Å². The van der Waals surface area contributed by atoms with Crippen LogP contribution in [0.4, 0.5) is 0 Å². The Morgan fingerprint density at radius 2 is 0.985 bits per heavy atom. The molecule has 0 fully saturated rings. The molecule has 9 nitrogen and oxygen atoms in total. The van der Waals surface area contributed by atoms with E-state index in [0.717, 1.165) is 23.7 Å². The number of nitrogens with one attached hydrogen (secondary N) is 2. The van der Waals surface area contributed by atoms with Gasteiger partial charge in [0.2, 0.25) is 0 Å². The van der Waals surface area contributed by atoms with E-state index in [4.69, 9.17) is 11.6 Å². The van der Waals surface area contributed by atoms with Gasteiger partial charge >= 0.3 is 0 Å². The summed E-state index contributed by atoms with van der Waals surface area (Å²) in [5.74, 6) is 7.88. The second kappa shape index (κ2) is 44.4. The lowest BCUT2D eigenvalue weighted by Crippen LogP contribution is -2.44. The smallest absolute Gasteiger partial charge is 0.155 e. The summed E-state index contributed by atoms with van der Waals surface area (Å²) in [6.07, 6.45) is 5.47. The van der Waals surface area contributed by atoms with Crippen LogP contribution in [0, 0.1) is 52.8 Å². The zero-order chi connectivity index (χ0) is 54.5. The first-order valence-corrected chi connectivity index (χ1v) is 28.7. The first-order valence-electron chi connectivity index (χ1n) is 25.3. The van der Waals surface area contributed by atoms with Crippen LogP contribution in [-0.2, 0) is 33.6 Å². The third-order valence-corrected chi connectivity index (χ3v) is 12.1. The molecule has 0 rings (SSSR count). The van der Waals surface area contributed by atoms with Crippen molar-refractivity contribution in [2.24, 2.45) is 52.8 Å². The highest BCUT2D eigenvalue weighted by molar-refractivity contribution is 8.00. The molecule has 0 aliphatic rings. The molecule has 68 heavy (non-hydrogen) atoms. The molecule has 0 aliphatic carbocycles. The summed E-state index contributed by atoms with van der Waals surface area (Å²) < 4.78 is 0. The zero-order valence-corrected chi connectivity index (χ0v) is 50.5. The number of hydrogen-bond donors (Lipinski definition) is 3. The van der Waals surface area contributed by atoms with E-state index in [-0.39, 0.29) is 64.3 Å². The average molecular weight is 1040 g/mol. The van der Waals surface area contributed by atoms with Gasteiger partial charge < -0.3 is 10.6 Å². The Labute approximate surface area is 438 Å². The lowest BCUT2D eigenvalue weighted by molar-refractivity contribution is -0.130. The average Bonchev–Trinajstić information content (AvgIpc) is 3.18. The van der Waals surface area contributed by atoms with E-state index < -0.39 is 0 Å². The fourth-order valence-electron chi connectivity index (χ4n) is 6.25. The minimum atomic E-state index is -0.290. The Morgan fingerprint density at radius 3 is 1.31 bits per heavy atom. The fraction of sp³-hybridized carbons (Fsp3) is 0.836. The van der Waals surface area contributed by atoms with E-state index in [1.807, 2.05) is 90.0 Å². The van der Waals surface area contributed by atoms with E-state index in [1.54, 1.807) is 23.5 Å². The molecule has 0 aromatic heterocycles. The van der Waals surface area contributed by atoms with Crippen molar-refractivity contribution in [1.82, 2.24) is 10.6 Å². The summed E-state index contributed by atoms with van der Waals surface area (Å²) in [7, 11) is 0. The number of hydrogen-bond acceptors (Lipinski definition) is 12. The van der Waals surface area contributed by atoms with Gasteiger partial charge in [-0.15, -0.1) is 11.6 Å². The number of thioether (sulfide) groups is 2. The van der Waals surface area contributed by atoms with Crippen LogP contribution < -0.4 is 10.6 Å². The monoisotopic (exact) mass is 1040 g/mol. The summed E-state index contributed by atoms with van der Waals surface area (Å²) in [6.45, 7) is 45.8. The lowest BCUT2D eigenvalue weighted by Gasteiger charge is -2.25. The van der Waals surface area contributed by atoms with Gasteiger partial charge in [-0.1, -0.05) is 152 Å². The zero-order valence-electron chi connectivity index (χ0n) is 47.2. The summed E-state index contributed by atoms with van der Waals surface area (Å²) in [5, 5.41) is 6.51. The number of thiol groups is 1. The highest BCUT2D eigenvalue weighted by Crippen LogP contribution is 2.27. The third-order valence-electron chi connectivity index (χ3n) is 9.23. The van der Waals surface area contributed by atoms with Crippen molar-refractivity contribution >= 4 is 88.2 Å². The van der Waals surface area contributed by atoms with Gasteiger partial charge in [0.1, 0.15) is 23.1 Å². The summed E-state index contributed by atoms with van der Waals surface area (Å²) in [4.78, 5) is 80.4. The Balaban J connectivity index is -0.000000256. The van der Waals surface area contributed by atoms with Crippen LogP contribution in [0.5, 0.6) is 0 Å². The number of halogens is 1. The van der Waals surface area contributed by atoms with Crippen LogP contribution in [-0.4, -0.2) is 99.3 Å². The SMILES string of the molecule is C=CC(=O)CC(C)C.CC(C)CC(=O)CCSCC(NC(C)C)C(=O)C(C)C.CC(C)CC(=O)CCl.CC(C)CC(=O)CSCC(CC(C)C)C(=O)C(C)(C)C.CC(C)NC(CS)C(=O)C(C)C. The molecular formula is C55H105ClN2O7S3. The molecule has 0 bridgehead atoms. The fourth-order valence-corrected chi connectivity index (χ4v) is 8.71. The van der Waals surface area contributed by atoms with Gasteiger partial charge in [-0.25, -0.2) is 0 Å². The summed E-state index contributed by atoms with van der Waals surface area (Å²) in [6, 6.07) is 0.448. The van der Waals surface area contributed by atoms with Gasteiger partial charge in [0.15, 0.2) is 17.3 Å². The predicted molar refractivity (Wildman–Crippen MR) is 303 cm³/mol. The predicted octanol–water partition coefficient (Wildman–Crippen LogP) is 13.1. The highest BCUT2D eigenvalue weighted by atomic mass is 35.5. The van der Waals surface area contributed by atoms with Crippen LogP contribution in [0.3, 0.4) is 0 Å². The van der Waals surface area contributed by atoms with Crippen LogP contribution in [0.1, 0.15) is 184 Å². The van der Waals surface area contributed by atoms with Crippen LogP contribution in [0.15, 0.2) is 12.7 Å². The van der Waals surface area contributed by atoms with Gasteiger partial charge in [0.05, 0.1) is 23.7 Å². The second-order valence-corrected chi connectivity index (χ2v) is 24.9. The lowest BCUT2D eigenvalue weighted by atomic mass is 9.80. The number of rotatable bonds is 31. The maximum absolute atomic E-state index is 12.5. The van der Waals surface area contributed by atoms with E-state index >= 15 is 0 Å². The molecule has 402 valence electrons. The van der Waals surface area contributed by atoms with Crippen molar-refractivity contribution < 1.29 is 33.6 Å². The maximum Gasteiger partial charge on any atom is 0.155 e. The van der Waals surface area contributed by atoms with Crippen molar-refractivity contribution in [3.05, 3.63) is 12.7 Å². The van der Waals surface area contributed by atoms with Crippen molar-refractivity contribution in [3.8, 4) is 0 Å². The van der Waals surface area contributed by atoms with Gasteiger partial charge in [0.25, 0.3) is 0 Å². The molecule has 13 heteroatoms. The molecule has 0 spiro atoms. The number of carbonyl (C=O) groups is 7. The third kappa shape index (κ3) is 51.1. The van der Waals surface area contributed by atoms with Crippen LogP contribution in [0.25, 0.3) is 0 Å². The molecule has 3 atom stereocenters. The quantitative estimate of drug-likeness (QED) is 0.0264. The number of allylic oxidation sites excluding steroid dienone is 1. The Bertz CT molecular complexity index is 1390. The van der Waals surface area contributed by atoms with Crippen molar-refractivity contribution in [1.29, 1.82) is 0 Å². The second-order valence-electron chi connectivity index (χ2n) is 22.1. The maximum atomic E-state index is 12.5. The minimum absolute atomic E-state index is 0.0504. The Kier molecular flexibility index (Phi) is 49.4. The first-order chi connectivity index (χ1) is 31.1. The summed E-state index contributed by atoms with van der Waals surface area (Å²) in [5.41, 5.74) is -0.290. The Hall–Kier alpha value is -1.31. The molecule has 0 aliphatic heterocycles. The van der Waals surface area contributed by atoms with Gasteiger partial charge in [-0.05, 0) is 42.1 Å². The largest absolute Gasteiger partial charge is 0.305 e. The van der Waals surface area contributed by atoms with Gasteiger partial charge in [0, 0.05) is 90.4 Å². The highest BCUT2D eigenvalue weighted by Gasteiger charge is 2.30. The first kappa shape index (κ1) is 75.6. The minimum Gasteiger partial charge on any atom is -0.305 e. The van der Waals surface area contributed by atoms with Crippen LogP contribution >= 0.6 is 47.8 Å². The van der Waals surface area contributed by atoms with Gasteiger partial charge in [-0.2, -0.15) is 36.2 Å². The molecule has 0 radical (unpaired) electrons. The molecule has 0 saturated heterocycles. The Morgan fingerprint density at radius 1 is 0.574 bits per heavy atom.